The molecule has 2 aromatic rings. The lowest BCUT2D eigenvalue weighted by atomic mass is 10.1. The number of amides is 1. The molecule has 0 radical (unpaired) electrons. The molecule has 0 aliphatic rings. The van der Waals surface area contributed by atoms with Gasteiger partial charge < -0.3 is 10.1 Å². The molecule has 25 heavy (non-hydrogen) atoms. The Balaban J connectivity index is 2.03. The molecule has 0 aromatic heterocycles. The number of hydrogen-bond acceptors (Lipinski definition) is 4. The van der Waals surface area contributed by atoms with E-state index in [1.54, 1.807) is 12.1 Å². The number of carbonyl (C=O) groups is 1. The van der Waals surface area contributed by atoms with Crippen LogP contribution in [0.2, 0.25) is 0 Å². The summed E-state index contributed by atoms with van der Waals surface area (Å²) >= 11 is 0. The average Bonchev–Trinajstić information content (AvgIpc) is 2.54. The third-order valence-corrected chi connectivity index (χ3v) is 5.40. The van der Waals surface area contributed by atoms with E-state index in [-0.39, 0.29) is 17.4 Å². The van der Waals surface area contributed by atoms with Gasteiger partial charge in [-0.2, -0.15) is 0 Å². The zero-order valence-electron chi connectivity index (χ0n) is 14.7. The molecule has 1 N–H and O–H groups in total. The highest BCUT2D eigenvalue weighted by atomic mass is 32.2. The van der Waals surface area contributed by atoms with E-state index in [0.29, 0.717) is 11.4 Å². The first kappa shape index (κ1) is 19.0. The summed E-state index contributed by atoms with van der Waals surface area (Å²) in [6.45, 7) is 3.74. The van der Waals surface area contributed by atoms with Crippen molar-refractivity contribution >= 4 is 21.6 Å². The molecule has 0 heterocycles. The largest absolute Gasteiger partial charge is 0.483 e. The van der Waals surface area contributed by atoms with Crippen LogP contribution < -0.4 is 10.1 Å². The Morgan fingerprint density at radius 1 is 1.12 bits per heavy atom. The van der Waals surface area contributed by atoms with Crippen molar-refractivity contribution in [2.24, 2.45) is 0 Å². The lowest BCUT2D eigenvalue weighted by molar-refractivity contribution is -0.118. The van der Waals surface area contributed by atoms with Gasteiger partial charge in [0.2, 0.25) is 10.0 Å². The quantitative estimate of drug-likeness (QED) is 0.857. The minimum atomic E-state index is -3.55. The molecule has 0 aliphatic heterocycles. The summed E-state index contributed by atoms with van der Waals surface area (Å²) in [6.07, 6.45) is 0. The molecule has 2 rings (SSSR count). The van der Waals surface area contributed by atoms with Crippen molar-refractivity contribution in [2.75, 3.05) is 26.0 Å². The second kappa shape index (κ2) is 7.67. The summed E-state index contributed by atoms with van der Waals surface area (Å²) in [4.78, 5) is 12.2. The monoisotopic (exact) mass is 362 g/mol. The zero-order chi connectivity index (χ0) is 18.6. The molecular formula is C18H22N2O4S. The Morgan fingerprint density at radius 3 is 2.48 bits per heavy atom. The molecular weight excluding hydrogens is 340 g/mol. The summed E-state index contributed by atoms with van der Waals surface area (Å²) in [5.74, 6) is 0.282. The van der Waals surface area contributed by atoms with Gasteiger partial charge in [-0.15, -0.1) is 0 Å². The topological polar surface area (TPSA) is 75.7 Å². The number of ether oxygens (including phenoxy) is 1. The van der Waals surface area contributed by atoms with Crippen LogP contribution in [0.4, 0.5) is 5.69 Å². The third-order valence-electron chi connectivity index (χ3n) is 3.59. The van der Waals surface area contributed by atoms with Gasteiger partial charge in [0, 0.05) is 19.8 Å². The molecule has 7 heteroatoms. The fraction of sp³-hybridized carbons (Fsp3) is 0.278. The van der Waals surface area contributed by atoms with E-state index in [1.807, 2.05) is 32.0 Å². The number of hydrogen-bond donors (Lipinski definition) is 1. The Morgan fingerprint density at radius 2 is 1.84 bits per heavy atom. The second-order valence-electron chi connectivity index (χ2n) is 5.92. The smallest absolute Gasteiger partial charge is 0.262 e. The highest BCUT2D eigenvalue weighted by Crippen LogP contribution is 2.20. The predicted molar refractivity (Wildman–Crippen MR) is 97.4 cm³/mol. The fourth-order valence-electron chi connectivity index (χ4n) is 2.25. The molecule has 2 aromatic carbocycles. The Hall–Kier alpha value is -2.38. The van der Waals surface area contributed by atoms with E-state index < -0.39 is 10.0 Å². The molecule has 1 amide bonds. The molecule has 0 aliphatic carbocycles. The zero-order valence-corrected chi connectivity index (χ0v) is 15.6. The number of sulfonamides is 1. The van der Waals surface area contributed by atoms with Crippen molar-refractivity contribution in [3.8, 4) is 5.75 Å². The van der Waals surface area contributed by atoms with E-state index >= 15 is 0 Å². The number of nitrogens with zero attached hydrogens (tertiary/aromatic N) is 1. The predicted octanol–water partition coefficient (Wildman–Crippen LogP) is 2.57. The second-order valence-corrected chi connectivity index (χ2v) is 8.07. The number of rotatable bonds is 6. The SMILES string of the molecule is Cc1ccc(OCC(=O)Nc2cccc(S(=O)(=O)N(C)C)c2)c(C)c1. The first-order chi connectivity index (χ1) is 11.7. The Labute approximate surface area is 148 Å². The van der Waals surface area contributed by atoms with Crippen LogP contribution in [0.3, 0.4) is 0 Å². The summed E-state index contributed by atoms with van der Waals surface area (Å²) in [6, 6.07) is 11.8. The van der Waals surface area contributed by atoms with Crippen LogP contribution in [0, 0.1) is 13.8 Å². The maximum atomic E-state index is 12.1. The average molecular weight is 362 g/mol. The number of nitrogens with one attached hydrogen (secondary N) is 1. The van der Waals surface area contributed by atoms with Gasteiger partial charge in [-0.3, -0.25) is 4.79 Å². The van der Waals surface area contributed by atoms with Crippen molar-refractivity contribution in [1.82, 2.24) is 4.31 Å². The van der Waals surface area contributed by atoms with Gasteiger partial charge in [0.25, 0.3) is 5.91 Å². The third kappa shape index (κ3) is 4.80. The van der Waals surface area contributed by atoms with Gasteiger partial charge in [0.05, 0.1) is 4.90 Å². The van der Waals surface area contributed by atoms with E-state index in [9.17, 15) is 13.2 Å². The molecule has 0 fully saturated rings. The summed E-state index contributed by atoms with van der Waals surface area (Å²) in [7, 11) is -0.636. The molecule has 134 valence electrons. The summed E-state index contributed by atoms with van der Waals surface area (Å²) in [5, 5.41) is 2.65. The van der Waals surface area contributed by atoms with Gasteiger partial charge >= 0.3 is 0 Å². The van der Waals surface area contributed by atoms with Crippen LogP contribution in [0.1, 0.15) is 11.1 Å². The van der Waals surface area contributed by atoms with Gasteiger partial charge in [0.1, 0.15) is 5.75 Å². The lowest BCUT2D eigenvalue weighted by Crippen LogP contribution is -2.23. The minimum Gasteiger partial charge on any atom is -0.483 e. The van der Waals surface area contributed by atoms with E-state index in [1.165, 1.54) is 26.2 Å². The molecule has 0 unspecified atom stereocenters. The highest BCUT2D eigenvalue weighted by molar-refractivity contribution is 7.89. The number of benzene rings is 2. The first-order valence-electron chi connectivity index (χ1n) is 7.72. The maximum absolute atomic E-state index is 12.1. The van der Waals surface area contributed by atoms with Crippen LogP contribution in [0.5, 0.6) is 5.75 Å². The van der Waals surface area contributed by atoms with E-state index in [0.717, 1.165) is 15.4 Å². The van der Waals surface area contributed by atoms with Crippen LogP contribution in [0.25, 0.3) is 0 Å². The Kier molecular flexibility index (Phi) is 5.81. The van der Waals surface area contributed by atoms with Gasteiger partial charge in [-0.25, -0.2) is 12.7 Å². The van der Waals surface area contributed by atoms with Gasteiger partial charge in [-0.05, 0) is 43.7 Å². The van der Waals surface area contributed by atoms with Crippen molar-refractivity contribution in [2.45, 2.75) is 18.7 Å². The summed E-state index contributed by atoms with van der Waals surface area (Å²) < 4.78 is 30.9. The van der Waals surface area contributed by atoms with Gasteiger partial charge in [-0.1, -0.05) is 23.8 Å². The van der Waals surface area contributed by atoms with E-state index in [4.69, 9.17) is 4.74 Å². The Bertz CT molecular complexity index is 876. The lowest BCUT2D eigenvalue weighted by Gasteiger charge is -2.13. The molecule has 0 atom stereocenters. The highest BCUT2D eigenvalue weighted by Gasteiger charge is 2.17. The van der Waals surface area contributed by atoms with Crippen molar-refractivity contribution in [1.29, 1.82) is 0 Å². The molecule has 0 saturated carbocycles. The van der Waals surface area contributed by atoms with Crippen LogP contribution in [0.15, 0.2) is 47.4 Å². The normalized spacial score (nSPS) is 11.4. The summed E-state index contributed by atoms with van der Waals surface area (Å²) in [5.41, 5.74) is 2.47. The standard InChI is InChI=1S/C18H22N2O4S/c1-13-8-9-17(14(2)10-13)24-12-18(21)19-15-6-5-7-16(11-15)25(22,23)20(3)4/h5-11H,12H2,1-4H3,(H,19,21). The van der Waals surface area contributed by atoms with Crippen LogP contribution >= 0.6 is 0 Å². The molecule has 0 saturated heterocycles. The number of carbonyl (C=O) groups excluding carboxylic acids is 1. The fourth-order valence-corrected chi connectivity index (χ4v) is 3.19. The van der Waals surface area contributed by atoms with Crippen LogP contribution in [-0.2, 0) is 14.8 Å². The number of aryl methyl sites for hydroxylation is 2. The minimum absolute atomic E-state index is 0.116. The van der Waals surface area contributed by atoms with E-state index in [2.05, 4.69) is 5.32 Å². The van der Waals surface area contributed by atoms with Gasteiger partial charge in [0.15, 0.2) is 6.61 Å². The van der Waals surface area contributed by atoms with Crippen molar-refractivity contribution in [3.63, 3.8) is 0 Å². The van der Waals surface area contributed by atoms with Crippen molar-refractivity contribution < 1.29 is 17.9 Å². The molecule has 0 bridgehead atoms. The maximum Gasteiger partial charge on any atom is 0.262 e. The molecule has 6 nitrogen and oxygen atoms in total. The van der Waals surface area contributed by atoms with Crippen LogP contribution in [-0.4, -0.2) is 39.3 Å². The first-order valence-corrected chi connectivity index (χ1v) is 9.16. The molecule has 0 spiro atoms. The number of anilines is 1. The van der Waals surface area contributed by atoms with Crippen molar-refractivity contribution in [3.05, 3.63) is 53.6 Å².